The number of nitrogen functional groups attached to an aromatic ring is 1. The number of thioether (sulfide) groups is 1. The number of nitrogens with zero attached hydrogens (tertiary/aromatic N) is 4. The number of imidazole rings is 1. The van der Waals surface area contributed by atoms with Crippen molar-refractivity contribution in [2.24, 2.45) is 5.41 Å². The number of carbonyl (C=O) groups excluding carboxylic acids is 3. The average Bonchev–Trinajstić information content (AvgIpc) is 3.75. The monoisotopic (exact) mass is 961 g/mol. The average molecular weight is 962 g/mol. The van der Waals surface area contributed by atoms with E-state index < -0.39 is 84.6 Å². The summed E-state index contributed by atoms with van der Waals surface area (Å²) in [6, 6.07) is 0. The number of hydrogen-bond acceptors (Lipinski definition) is 18. The van der Waals surface area contributed by atoms with E-state index in [4.69, 9.17) is 19.5 Å². The normalized spacial score (nSPS) is 20.9. The van der Waals surface area contributed by atoms with E-state index in [1.807, 2.05) is 12.2 Å². The number of anilines is 1. The maximum Gasteiger partial charge on any atom is 0.481 e. The second-order valence-corrected chi connectivity index (χ2v) is 20.3. The molecule has 1 aliphatic rings. The molecule has 3 heterocycles. The van der Waals surface area contributed by atoms with Crippen LogP contribution in [0, 0.1) is 5.41 Å². The summed E-state index contributed by atoms with van der Waals surface area (Å²) in [5, 5.41) is 26.5. The summed E-state index contributed by atoms with van der Waals surface area (Å²) in [5.41, 5.74) is 4.27. The van der Waals surface area contributed by atoms with Gasteiger partial charge in [-0.2, -0.15) is 4.31 Å². The quantitative estimate of drug-likeness (QED) is 0.0321. The summed E-state index contributed by atoms with van der Waals surface area (Å²) in [6.45, 7) is 2.72. The predicted octanol–water partition coefficient (Wildman–Crippen LogP) is 2.75. The van der Waals surface area contributed by atoms with Gasteiger partial charge in [-0.15, -0.1) is 0 Å². The molecule has 0 aliphatic carbocycles. The number of nitrogens with one attached hydrogen (secondary N) is 2. The first-order valence-electron chi connectivity index (χ1n) is 19.8. The summed E-state index contributed by atoms with van der Waals surface area (Å²) < 4.78 is 62.3. The highest BCUT2D eigenvalue weighted by molar-refractivity contribution is 8.13. The summed E-state index contributed by atoms with van der Waals surface area (Å²) in [6.07, 6.45) is 6.78. The Morgan fingerprint density at radius 2 is 1.66 bits per heavy atom. The topological polar surface area (TPSA) is 364 Å². The highest BCUT2D eigenvalue weighted by Gasteiger charge is 2.50. The van der Waals surface area contributed by atoms with E-state index in [1.165, 1.54) is 52.4 Å². The molecule has 24 nitrogen and oxygen atoms in total. The summed E-state index contributed by atoms with van der Waals surface area (Å²) in [5.74, 6) is -1.08. The number of aliphatic hydroxyl groups excluding tert-OH is 2. The molecule has 7 atom stereocenters. The van der Waals surface area contributed by atoms with Crippen molar-refractivity contribution in [2.75, 3.05) is 37.8 Å². The molecule has 2 aromatic rings. The number of amides is 2. The standard InChI is InChI=1S/C34H58N7O17P3S/c1-4-5-6-7-8-9-10-11-12-13-14-25(43)62-18-17-36-24(42)15-16-37-32(46)29(45)34(2,3)20-55-61(52,53)58-60(50,51)54-19-23-28(57-59(47,48)49)27(44)33(56-23)41-22-40-26-30(35)38-21-39-31(26)41/h12-13,21-23,27-29,33,44-45H,4-11,14-20H2,1-3H3,(H,36,42)(H,37,46)(H,50,51)(H,52,53)(H2,35,38,39)(H2,47,48,49)/b13-12+. The van der Waals surface area contributed by atoms with E-state index in [0.717, 1.165) is 41.8 Å². The van der Waals surface area contributed by atoms with Crippen molar-refractivity contribution in [3.8, 4) is 0 Å². The SMILES string of the molecule is CCCCCCCCC/C=C/CC(=O)SCCNC(=O)CCNC(=O)C(O)C(C)(C)COP(=O)(O)OP(=O)(O)OCC1OC(n2cnc3c(N)ncnc32)C(O)C1OP(=O)(O)O. The molecule has 0 aromatic carbocycles. The van der Waals surface area contributed by atoms with Crippen LogP contribution in [-0.2, 0) is 50.7 Å². The van der Waals surface area contributed by atoms with Gasteiger partial charge in [0.05, 0.1) is 19.5 Å². The molecule has 2 aromatic heterocycles. The number of nitrogens with two attached hydrogens (primary N) is 1. The Balaban J connectivity index is 1.38. The van der Waals surface area contributed by atoms with Crippen LogP contribution in [0.25, 0.3) is 11.2 Å². The molecular formula is C34H58N7O17P3S. The van der Waals surface area contributed by atoms with Gasteiger partial charge in [-0.25, -0.2) is 28.6 Å². The first-order valence-corrected chi connectivity index (χ1v) is 25.3. The van der Waals surface area contributed by atoms with Crippen LogP contribution in [0.3, 0.4) is 0 Å². The number of aromatic nitrogens is 4. The second-order valence-electron chi connectivity index (χ2n) is 14.9. The van der Waals surface area contributed by atoms with E-state index in [9.17, 15) is 57.9 Å². The molecule has 0 bridgehead atoms. The number of allylic oxidation sites excluding steroid dienone is 2. The number of unbranched alkanes of at least 4 members (excludes halogenated alkanes) is 7. The molecule has 1 saturated heterocycles. The lowest BCUT2D eigenvalue weighted by Crippen LogP contribution is -2.46. The van der Waals surface area contributed by atoms with Gasteiger partial charge in [-0.05, 0) is 12.8 Å². The minimum Gasteiger partial charge on any atom is -0.386 e. The Morgan fingerprint density at radius 1 is 0.984 bits per heavy atom. The van der Waals surface area contributed by atoms with Gasteiger partial charge in [0.1, 0.15) is 36.3 Å². The van der Waals surface area contributed by atoms with Gasteiger partial charge < -0.3 is 50.9 Å². The Hall–Kier alpha value is -2.70. The number of aliphatic hydroxyl groups is 2. The third-order valence-electron chi connectivity index (χ3n) is 9.19. The van der Waals surface area contributed by atoms with Crippen molar-refractivity contribution in [2.45, 2.75) is 116 Å². The van der Waals surface area contributed by atoms with Crippen molar-refractivity contribution in [3.63, 3.8) is 0 Å². The number of rotatable bonds is 29. The Bertz CT molecular complexity index is 1950. The molecule has 62 heavy (non-hydrogen) atoms. The van der Waals surface area contributed by atoms with Gasteiger partial charge >= 0.3 is 23.5 Å². The number of fused-ring (bicyclic) bond motifs is 1. The van der Waals surface area contributed by atoms with Crippen LogP contribution in [0.1, 0.15) is 91.2 Å². The summed E-state index contributed by atoms with van der Waals surface area (Å²) in [7, 11) is -16.4. The van der Waals surface area contributed by atoms with Gasteiger partial charge in [0.2, 0.25) is 11.8 Å². The van der Waals surface area contributed by atoms with E-state index in [0.29, 0.717) is 12.2 Å². The summed E-state index contributed by atoms with van der Waals surface area (Å²) >= 11 is 1.10. The van der Waals surface area contributed by atoms with Crippen molar-refractivity contribution >= 4 is 69.1 Å². The number of phosphoric acid groups is 3. The Kier molecular flexibility index (Phi) is 21.7. The predicted molar refractivity (Wildman–Crippen MR) is 223 cm³/mol. The van der Waals surface area contributed by atoms with E-state index >= 15 is 0 Å². The lowest BCUT2D eigenvalue weighted by atomic mass is 9.87. The minimum absolute atomic E-state index is 0.0213. The molecule has 1 fully saturated rings. The zero-order valence-corrected chi connectivity index (χ0v) is 38.1. The molecule has 0 radical (unpaired) electrons. The first-order chi connectivity index (χ1) is 29.1. The Morgan fingerprint density at radius 3 is 2.35 bits per heavy atom. The van der Waals surface area contributed by atoms with Gasteiger partial charge in [-0.1, -0.05) is 83.2 Å². The zero-order chi connectivity index (χ0) is 46.1. The van der Waals surface area contributed by atoms with E-state index in [1.54, 1.807) is 0 Å². The minimum atomic E-state index is -5.57. The molecular weight excluding hydrogens is 903 g/mol. The van der Waals surface area contributed by atoms with E-state index in [-0.39, 0.29) is 41.6 Å². The van der Waals surface area contributed by atoms with Gasteiger partial charge in [-0.3, -0.25) is 32.5 Å². The van der Waals surface area contributed by atoms with Crippen LogP contribution in [-0.4, -0.2) is 123 Å². The highest BCUT2D eigenvalue weighted by atomic mass is 32.2. The Labute approximate surface area is 362 Å². The fraction of sp³-hybridized carbons (Fsp3) is 0.706. The first kappa shape index (κ1) is 53.6. The smallest absolute Gasteiger partial charge is 0.386 e. The molecule has 3 rings (SSSR count). The number of phosphoric ester groups is 3. The van der Waals surface area contributed by atoms with Gasteiger partial charge in [0.15, 0.2) is 22.8 Å². The third kappa shape index (κ3) is 18.4. The number of hydrogen-bond donors (Lipinski definition) is 9. The number of ether oxygens (including phenoxy) is 1. The van der Waals surface area contributed by atoms with Crippen LogP contribution in [0.4, 0.5) is 5.82 Å². The molecule has 0 spiro atoms. The van der Waals surface area contributed by atoms with Crippen molar-refractivity contribution in [3.05, 3.63) is 24.8 Å². The second kappa shape index (κ2) is 25.1. The van der Waals surface area contributed by atoms with Gasteiger partial charge in [0.25, 0.3) is 0 Å². The summed E-state index contributed by atoms with van der Waals surface area (Å²) in [4.78, 5) is 88.0. The highest BCUT2D eigenvalue weighted by Crippen LogP contribution is 2.61. The maximum atomic E-state index is 12.7. The van der Waals surface area contributed by atoms with Crippen LogP contribution < -0.4 is 16.4 Å². The fourth-order valence-corrected chi connectivity index (χ4v) is 9.35. The molecule has 7 unspecified atom stereocenters. The molecule has 352 valence electrons. The fourth-order valence-electron chi connectivity index (χ4n) is 5.87. The lowest BCUT2D eigenvalue weighted by Gasteiger charge is -2.30. The van der Waals surface area contributed by atoms with Crippen LogP contribution >= 0.6 is 35.2 Å². The van der Waals surface area contributed by atoms with Crippen LogP contribution in [0.15, 0.2) is 24.8 Å². The van der Waals surface area contributed by atoms with Crippen LogP contribution in [0.5, 0.6) is 0 Å². The van der Waals surface area contributed by atoms with Gasteiger partial charge in [0, 0.05) is 37.1 Å². The van der Waals surface area contributed by atoms with Crippen molar-refractivity contribution < 1.29 is 80.5 Å². The molecule has 2 amide bonds. The lowest BCUT2D eigenvalue weighted by molar-refractivity contribution is -0.137. The largest absolute Gasteiger partial charge is 0.481 e. The molecule has 1 aliphatic heterocycles. The number of carbonyl (C=O) groups is 3. The van der Waals surface area contributed by atoms with Crippen molar-refractivity contribution in [1.29, 1.82) is 0 Å². The third-order valence-corrected chi connectivity index (χ3v) is 13.2. The van der Waals surface area contributed by atoms with Crippen molar-refractivity contribution in [1.82, 2.24) is 30.2 Å². The van der Waals surface area contributed by atoms with Crippen LogP contribution in [0.2, 0.25) is 0 Å². The molecule has 0 saturated carbocycles. The van der Waals surface area contributed by atoms with E-state index in [2.05, 4.69) is 41.3 Å². The molecule has 10 N–H and O–H groups in total. The maximum absolute atomic E-state index is 12.7. The molecule has 28 heteroatoms. The zero-order valence-electron chi connectivity index (χ0n) is 34.6.